The van der Waals surface area contributed by atoms with Gasteiger partial charge in [0, 0.05) is 17.3 Å². The van der Waals surface area contributed by atoms with E-state index in [1.807, 2.05) is 0 Å². The minimum atomic E-state index is -0.843. The Labute approximate surface area is 132 Å². The van der Waals surface area contributed by atoms with Crippen LogP contribution in [0, 0.1) is 0 Å². The van der Waals surface area contributed by atoms with Gasteiger partial charge in [-0.2, -0.15) is 0 Å². The molecule has 0 aliphatic carbocycles. The SMILES string of the molecule is COC(=O)/C=C(/Nc1cc2c(cc1C(C)O)OCO2)C(=O)OC. The van der Waals surface area contributed by atoms with Crippen LogP contribution in [-0.4, -0.2) is 38.1 Å². The summed E-state index contributed by atoms with van der Waals surface area (Å²) in [6.07, 6.45) is 0.117. The number of aliphatic hydroxyl groups excluding tert-OH is 1. The monoisotopic (exact) mass is 323 g/mol. The molecule has 0 amide bonds. The molecule has 1 aromatic rings. The van der Waals surface area contributed by atoms with Gasteiger partial charge in [0.25, 0.3) is 0 Å². The van der Waals surface area contributed by atoms with Crippen LogP contribution in [0.2, 0.25) is 0 Å². The van der Waals surface area contributed by atoms with Crippen LogP contribution in [0.15, 0.2) is 23.9 Å². The highest BCUT2D eigenvalue weighted by Crippen LogP contribution is 2.39. The van der Waals surface area contributed by atoms with Gasteiger partial charge in [-0.1, -0.05) is 0 Å². The molecule has 124 valence electrons. The zero-order chi connectivity index (χ0) is 17.0. The van der Waals surface area contributed by atoms with Crippen LogP contribution in [0.4, 0.5) is 5.69 Å². The Hall–Kier alpha value is -2.74. The van der Waals surface area contributed by atoms with Crippen molar-refractivity contribution in [1.82, 2.24) is 0 Å². The van der Waals surface area contributed by atoms with Crippen molar-refractivity contribution in [3.8, 4) is 11.5 Å². The molecule has 0 spiro atoms. The molecule has 2 rings (SSSR count). The summed E-state index contributed by atoms with van der Waals surface area (Å²) in [7, 11) is 2.37. The van der Waals surface area contributed by atoms with Gasteiger partial charge in [0.1, 0.15) is 5.70 Å². The maximum absolute atomic E-state index is 11.8. The number of carbonyl (C=O) groups excluding carboxylic acids is 2. The highest BCUT2D eigenvalue weighted by atomic mass is 16.7. The number of hydrogen-bond acceptors (Lipinski definition) is 8. The summed E-state index contributed by atoms with van der Waals surface area (Å²) >= 11 is 0. The fraction of sp³-hybridized carbons (Fsp3) is 0.333. The third-order valence-electron chi connectivity index (χ3n) is 3.13. The van der Waals surface area contributed by atoms with Crippen LogP contribution in [0.5, 0.6) is 11.5 Å². The largest absolute Gasteiger partial charge is 0.466 e. The fourth-order valence-corrected chi connectivity index (χ4v) is 1.99. The number of esters is 2. The number of rotatable bonds is 5. The first kappa shape index (κ1) is 16.6. The molecule has 1 heterocycles. The molecule has 0 aromatic heterocycles. The fourth-order valence-electron chi connectivity index (χ4n) is 1.99. The average molecular weight is 323 g/mol. The summed E-state index contributed by atoms with van der Waals surface area (Å²) in [5.41, 5.74) is 0.707. The van der Waals surface area contributed by atoms with Crippen LogP contribution in [0.3, 0.4) is 0 Å². The second-order valence-corrected chi connectivity index (χ2v) is 4.67. The Morgan fingerprint density at radius 3 is 2.48 bits per heavy atom. The Balaban J connectivity index is 2.41. The van der Waals surface area contributed by atoms with Crippen molar-refractivity contribution in [1.29, 1.82) is 0 Å². The van der Waals surface area contributed by atoms with Gasteiger partial charge in [-0.3, -0.25) is 0 Å². The lowest BCUT2D eigenvalue weighted by atomic mass is 10.1. The lowest BCUT2D eigenvalue weighted by molar-refractivity contribution is -0.138. The number of hydrogen-bond donors (Lipinski definition) is 2. The Morgan fingerprint density at radius 1 is 1.26 bits per heavy atom. The smallest absolute Gasteiger partial charge is 0.354 e. The first-order chi connectivity index (χ1) is 11.0. The van der Waals surface area contributed by atoms with Crippen molar-refractivity contribution in [2.75, 3.05) is 26.3 Å². The Bertz CT molecular complexity index is 651. The molecule has 1 atom stereocenters. The Kier molecular flexibility index (Phi) is 5.07. The van der Waals surface area contributed by atoms with Gasteiger partial charge in [0.05, 0.1) is 26.4 Å². The van der Waals surface area contributed by atoms with Gasteiger partial charge in [0.15, 0.2) is 11.5 Å². The van der Waals surface area contributed by atoms with Crippen LogP contribution >= 0.6 is 0 Å². The van der Waals surface area contributed by atoms with Gasteiger partial charge >= 0.3 is 11.9 Å². The molecule has 1 aromatic carbocycles. The second kappa shape index (κ2) is 7.01. The summed E-state index contributed by atoms with van der Waals surface area (Å²) in [5.74, 6) is -0.538. The van der Waals surface area contributed by atoms with Crippen molar-refractivity contribution >= 4 is 17.6 Å². The molecular weight excluding hydrogens is 306 g/mol. The maximum atomic E-state index is 11.8. The summed E-state index contributed by atoms with van der Waals surface area (Å²) in [6, 6.07) is 3.17. The van der Waals surface area contributed by atoms with Crippen LogP contribution < -0.4 is 14.8 Å². The van der Waals surface area contributed by atoms with Crippen molar-refractivity contribution in [2.24, 2.45) is 0 Å². The lowest BCUT2D eigenvalue weighted by Gasteiger charge is -2.16. The first-order valence-electron chi connectivity index (χ1n) is 6.72. The Morgan fingerprint density at radius 2 is 1.91 bits per heavy atom. The molecule has 0 saturated carbocycles. The van der Waals surface area contributed by atoms with E-state index in [1.165, 1.54) is 14.2 Å². The van der Waals surface area contributed by atoms with Crippen LogP contribution in [-0.2, 0) is 19.1 Å². The number of fused-ring (bicyclic) bond motifs is 1. The average Bonchev–Trinajstić information content (AvgIpc) is 2.99. The second-order valence-electron chi connectivity index (χ2n) is 4.67. The number of nitrogens with one attached hydrogen (secondary N) is 1. The van der Waals surface area contributed by atoms with E-state index in [2.05, 4.69) is 14.8 Å². The van der Waals surface area contributed by atoms with Crippen molar-refractivity contribution in [3.05, 3.63) is 29.5 Å². The molecule has 0 bridgehead atoms. The highest BCUT2D eigenvalue weighted by molar-refractivity contribution is 5.99. The quantitative estimate of drug-likeness (QED) is 0.613. The molecule has 0 fully saturated rings. The van der Waals surface area contributed by atoms with Crippen molar-refractivity contribution < 1.29 is 33.6 Å². The summed E-state index contributed by atoms with van der Waals surface area (Å²) in [5, 5.41) is 12.7. The molecule has 1 unspecified atom stereocenters. The number of anilines is 1. The van der Waals surface area contributed by atoms with E-state index in [4.69, 9.17) is 9.47 Å². The van der Waals surface area contributed by atoms with E-state index in [9.17, 15) is 14.7 Å². The topological polar surface area (TPSA) is 103 Å². The molecule has 8 heteroatoms. The molecule has 0 radical (unpaired) electrons. The summed E-state index contributed by atoms with van der Waals surface area (Å²) in [4.78, 5) is 23.2. The summed E-state index contributed by atoms with van der Waals surface area (Å²) < 4.78 is 19.7. The molecule has 23 heavy (non-hydrogen) atoms. The molecule has 2 N–H and O–H groups in total. The van der Waals surface area contributed by atoms with Gasteiger partial charge in [0.2, 0.25) is 6.79 Å². The van der Waals surface area contributed by atoms with Crippen molar-refractivity contribution in [2.45, 2.75) is 13.0 Å². The van der Waals surface area contributed by atoms with Crippen LogP contribution in [0.1, 0.15) is 18.6 Å². The number of methoxy groups -OCH3 is 2. The molecular formula is C15H17NO7. The van der Waals surface area contributed by atoms with E-state index < -0.39 is 18.0 Å². The van der Waals surface area contributed by atoms with Gasteiger partial charge in [-0.25, -0.2) is 9.59 Å². The molecule has 0 saturated heterocycles. The minimum Gasteiger partial charge on any atom is -0.466 e. The predicted molar refractivity (Wildman–Crippen MR) is 78.9 cm³/mol. The first-order valence-corrected chi connectivity index (χ1v) is 6.72. The van der Waals surface area contributed by atoms with E-state index in [1.54, 1.807) is 19.1 Å². The number of ether oxygens (including phenoxy) is 4. The number of aliphatic hydroxyl groups is 1. The van der Waals surface area contributed by atoms with Gasteiger partial charge in [-0.05, 0) is 13.0 Å². The lowest BCUT2D eigenvalue weighted by Crippen LogP contribution is -2.16. The van der Waals surface area contributed by atoms with E-state index >= 15 is 0 Å². The molecule has 1 aliphatic rings. The third-order valence-corrected chi connectivity index (χ3v) is 3.13. The zero-order valence-electron chi connectivity index (χ0n) is 12.9. The maximum Gasteiger partial charge on any atom is 0.354 e. The number of benzene rings is 1. The summed E-state index contributed by atoms with van der Waals surface area (Å²) in [6.45, 7) is 1.63. The normalized spacial score (nSPS) is 14.2. The number of carbonyl (C=O) groups is 2. The van der Waals surface area contributed by atoms with Gasteiger partial charge in [-0.15, -0.1) is 0 Å². The van der Waals surface area contributed by atoms with Crippen LogP contribution in [0.25, 0.3) is 0 Å². The van der Waals surface area contributed by atoms with Gasteiger partial charge < -0.3 is 29.4 Å². The third kappa shape index (κ3) is 3.72. The van der Waals surface area contributed by atoms with E-state index in [0.717, 1.165) is 6.08 Å². The van der Waals surface area contributed by atoms with Crippen molar-refractivity contribution in [3.63, 3.8) is 0 Å². The standard InChI is InChI=1S/C15H17NO7/c1-8(17)9-4-12-13(23-7-22-12)5-10(9)16-11(15(19)21-3)6-14(18)20-2/h4-6,8,16-17H,7H2,1-3H3/b11-6+. The minimum absolute atomic E-state index is 0.0693. The predicted octanol–water partition coefficient (Wildman–Crippen LogP) is 1.11. The molecule has 1 aliphatic heterocycles. The zero-order valence-corrected chi connectivity index (χ0v) is 12.9. The highest BCUT2D eigenvalue weighted by Gasteiger charge is 2.22. The molecule has 8 nitrogen and oxygen atoms in total. The van der Waals surface area contributed by atoms with E-state index in [-0.39, 0.29) is 12.5 Å². The van der Waals surface area contributed by atoms with E-state index in [0.29, 0.717) is 22.7 Å².